The van der Waals surface area contributed by atoms with Crippen molar-refractivity contribution < 1.29 is 69.5 Å². The summed E-state index contributed by atoms with van der Waals surface area (Å²) in [7, 11) is -4.39. The van der Waals surface area contributed by atoms with Crippen LogP contribution in [0.3, 0.4) is 0 Å². The maximum Gasteiger partial charge on any atom is 1.00 e. The minimum atomic E-state index is -4.39. The van der Waals surface area contributed by atoms with Crippen molar-refractivity contribution in [1.29, 1.82) is 0 Å². The first kappa shape index (κ1) is 22.8. The molecule has 2 atom stereocenters. The Balaban J connectivity index is 0. The Morgan fingerprint density at radius 2 is 1.47 bits per heavy atom. The van der Waals surface area contributed by atoms with E-state index >= 15 is 0 Å². The fourth-order valence-corrected chi connectivity index (χ4v) is 3.05. The minimum Gasteiger partial charge on any atom is -0.748 e. The average Bonchev–Trinajstić information content (AvgIpc) is 2.29. The standard InChI is InChI=1S/C13H28O4S.K/c1-3-5-7-8-9-11-13(18(15,16)17)12(14)10-6-4-2;/h12-14H,3-11H2,1-2H3,(H,15,16,17);/q;+1/p-1. The third-order valence-electron chi connectivity index (χ3n) is 3.25. The molecule has 19 heavy (non-hydrogen) atoms. The van der Waals surface area contributed by atoms with Gasteiger partial charge < -0.3 is 9.66 Å². The predicted octanol–water partition coefficient (Wildman–Crippen LogP) is -0.184. The Morgan fingerprint density at radius 1 is 0.947 bits per heavy atom. The van der Waals surface area contributed by atoms with Gasteiger partial charge in [-0.2, -0.15) is 0 Å². The van der Waals surface area contributed by atoms with Crippen LogP contribution >= 0.6 is 0 Å². The van der Waals surface area contributed by atoms with Crippen LogP contribution in [0.5, 0.6) is 0 Å². The van der Waals surface area contributed by atoms with E-state index in [4.69, 9.17) is 0 Å². The molecule has 0 radical (unpaired) electrons. The molecule has 0 aliphatic heterocycles. The second kappa shape index (κ2) is 13.2. The summed E-state index contributed by atoms with van der Waals surface area (Å²) in [5.41, 5.74) is 0. The van der Waals surface area contributed by atoms with Gasteiger partial charge in [0.15, 0.2) is 0 Å². The van der Waals surface area contributed by atoms with Crippen molar-refractivity contribution >= 4 is 10.1 Å². The summed E-state index contributed by atoms with van der Waals surface area (Å²) in [6.45, 7) is 4.08. The smallest absolute Gasteiger partial charge is 0.748 e. The molecule has 0 heterocycles. The van der Waals surface area contributed by atoms with E-state index in [2.05, 4.69) is 6.92 Å². The molecule has 1 N–H and O–H groups in total. The Labute approximate surface area is 160 Å². The first-order chi connectivity index (χ1) is 8.43. The summed E-state index contributed by atoms with van der Waals surface area (Å²) >= 11 is 0. The second-order valence-electron chi connectivity index (χ2n) is 4.94. The number of hydrogen-bond donors (Lipinski definition) is 1. The number of aliphatic hydroxyl groups excluding tert-OH is 1. The molecule has 0 aromatic heterocycles. The van der Waals surface area contributed by atoms with Crippen molar-refractivity contribution in [3.63, 3.8) is 0 Å². The molecule has 0 spiro atoms. The molecule has 0 aliphatic carbocycles. The molecular formula is C13H27KO4S. The maximum absolute atomic E-state index is 11.1. The Bertz CT molecular complexity index is 293. The first-order valence-corrected chi connectivity index (χ1v) is 8.53. The van der Waals surface area contributed by atoms with Crippen LogP contribution in [-0.2, 0) is 10.1 Å². The van der Waals surface area contributed by atoms with Gasteiger partial charge in [0.1, 0.15) is 10.1 Å². The van der Waals surface area contributed by atoms with Crippen LogP contribution in [0, 0.1) is 0 Å². The summed E-state index contributed by atoms with van der Waals surface area (Å²) in [6.07, 6.45) is 6.29. The van der Waals surface area contributed by atoms with Crippen molar-refractivity contribution in [3.8, 4) is 0 Å². The van der Waals surface area contributed by atoms with Gasteiger partial charge in [-0.05, 0) is 12.8 Å². The van der Waals surface area contributed by atoms with E-state index in [-0.39, 0.29) is 51.4 Å². The SMILES string of the molecule is CCCCCCCC(C(O)CCCC)S(=O)(=O)[O-].[K+]. The van der Waals surface area contributed by atoms with Crippen LogP contribution in [0.15, 0.2) is 0 Å². The summed E-state index contributed by atoms with van der Waals surface area (Å²) in [6, 6.07) is 0. The first-order valence-electron chi connectivity index (χ1n) is 7.06. The maximum atomic E-state index is 11.1. The van der Waals surface area contributed by atoms with Crippen molar-refractivity contribution in [2.75, 3.05) is 0 Å². The second-order valence-corrected chi connectivity index (χ2v) is 6.53. The van der Waals surface area contributed by atoms with Gasteiger partial charge in [-0.3, -0.25) is 0 Å². The molecule has 0 rings (SSSR count). The molecule has 0 aliphatic rings. The molecule has 0 saturated carbocycles. The summed E-state index contributed by atoms with van der Waals surface area (Å²) in [5.74, 6) is 0. The zero-order valence-corrected chi connectivity index (χ0v) is 16.5. The molecule has 0 aromatic rings. The van der Waals surface area contributed by atoms with Crippen LogP contribution < -0.4 is 51.4 Å². The van der Waals surface area contributed by atoms with Gasteiger partial charge in [0.25, 0.3) is 0 Å². The summed E-state index contributed by atoms with van der Waals surface area (Å²) < 4.78 is 33.4. The van der Waals surface area contributed by atoms with Gasteiger partial charge in [0.2, 0.25) is 0 Å². The molecular weight excluding hydrogens is 291 g/mol. The van der Waals surface area contributed by atoms with Crippen LogP contribution in [-0.4, -0.2) is 29.4 Å². The van der Waals surface area contributed by atoms with Crippen LogP contribution in [0.1, 0.15) is 71.6 Å². The molecule has 0 amide bonds. The monoisotopic (exact) mass is 318 g/mol. The third-order valence-corrected chi connectivity index (χ3v) is 4.54. The van der Waals surface area contributed by atoms with Crippen LogP contribution in [0.4, 0.5) is 0 Å². The van der Waals surface area contributed by atoms with Crippen LogP contribution in [0.25, 0.3) is 0 Å². The van der Waals surface area contributed by atoms with E-state index in [1.807, 2.05) is 6.92 Å². The topological polar surface area (TPSA) is 77.4 Å². The van der Waals surface area contributed by atoms with Crippen molar-refractivity contribution in [3.05, 3.63) is 0 Å². The van der Waals surface area contributed by atoms with Crippen molar-refractivity contribution in [2.24, 2.45) is 0 Å². The number of rotatable bonds is 11. The van der Waals surface area contributed by atoms with E-state index < -0.39 is 21.5 Å². The molecule has 0 saturated heterocycles. The predicted molar refractivity (Wildman–Crippen MR) is 72.4 cm³/mol. The molecule has 0 fully saturated rings. The molecule has 0 bridgehead atoms. The third kappa shape index (κ3) is 11.8. The fourth-order valence-electron chi connectivity index (χ4n) is 2.08. The summed E-state index contributed by atoms with van der Waals surface area (Å²) in [5, 5.41) is 8.68. The Hall–Kier alpha value is 1.51. The van der Waals surface area contributed by atoms with Gasteiger partial charge in [0, 0.05) is 0 Å². The van der Waals surface area contributed by atoms with Gasteiger partial charge in [-0.1, -0.05) is 58.8 Å². The Kier molecular flexibility index (Phi) is 15.8. The molecule has 4 nitrogen and oxygen atoms in total. The summed E-state index contributed by atoms with van der Waals surface area (Å²) in [4.78, 5) is 0. The molecule has 2 unspecified atom stereocenters. The molecule has 6 heteroatoms. The van der Waals surface area contributed by atoms with Gasteiger partial charge in [0.05, 0.1) is 11.4 Å². The average molecular weight is 319 g/mol. The normalized spacial score (nSPS) is 14.7. The molecule has 110 valence electrons. The van der Waals surface area contributed by atoms with E-state index in [0.717, 1.165) is 38.5 Å². The molecule has 0 aromatic carbocycles. The van der Waals surface area contributed by atoms with Gasteiger partial charge in [-0.15, -0.1) is 0 Å². The van der Waals surface area contributed by atoms with E-state index in [0.29, 0.717) is 19.3 Å². The van der Waals surface area contributed by atoms with Crippen molar-refractivity contribution in [2.45, 2.75) is 83.0 Å². The van der Waals surface area contributed by atoms with Crippen molar-refractivity contribution in [1.82, 2.24) is 0 Å². The van der Waals surface area contributed by atoms with Gasteiger partial charge in [-0.25, -0.2) is 8.42 Å². The largest absolute Gasteiger partial charge is 1.00 e. The number of unbranched alkanes of at least 4 members (excludes halogenated alkanes) is 5. The number of hydrogen-bond acceptors (Lipinski definition) is 4. The zero-order valence-electron chi connectivity index (χ0n) is 12.6. The van der Waals surface area contributed by atoms with E-state index in [9.17, 15) is 18.1 Å². The minimum absolute atomic E-state index is 0. The fraction of sp³-hybridized carbons (Fsp3) is 1.00. The van der Waals surface area contributed by atoms with Crippen LogP contribution in [0.2, 0.25) is 0 Å². The van der Waals surface area contributed by atoms with E-state index in [1.54, 1.807) is 0 Å². The van der Waals surface area contributed by atoms with E-state index in [1.165, 1.54) is 0 Å². The Morgan fingerprint density at radius 3 is 1.95 bits per heavy atom. The number of aliphatic hydroxyl groups is 1. The quantitative estimate of drug-likeness (QED) is 0.326. The zero-order chi connectivity index (χ0) is 14.0. The van der Waals surface area contributed by atoms with Gasteiger partial charge >= 0.3 is 51.4 Å².